The second-order valence-corrected chi connectivity index (χ2v) is 7.82. The SMILES string of the molecule is COc1cc(-c2cc(=O)c3c(O)cc(O)cc3o2)cc(OC)c1O[C@@H]1O[C@@H](C)[C@H](O)[C@@H](O)[C@H]1O. The van der Waals surface area contributed by atoms with Crippen LogP contribution in [0.1, 0.15) is 6.92 Å². The molecule has 0 aliphatic carbocycles. The zero-order valence-electron chi connectivity index (χ0n) is 18.5. The van der Waals surface area contributed by atoms with Crippen LogP contribution in [0.2, 0.25) is 0 Å². The van der Waals surface area contributed by atoms with E-state index >= 15 is 0 Å². The van der Waals surface area contributed by atoms with Gasteiger partial charge in [0.2, 0.25) is 12.0 Å². The van der Waals surface area contributed by atoms with Crippen LogP contribution >= 0.6 is 0 Å². The summed E-state index contributed by atoms with van der Waals surface area (Å²) >= 11 is 0. The Morgan fingerprint density at radius 2 is 1.53 bits per heavy atom. The first-order valence-electron chi connectivity index (χ1n) is 10.3. The minimum Gasteiger partial charge on any atom is -0.508 e. The van der Waals surface area contributed by atoms with Gasteiger partial charge < -0.3 is 48.9 Å². The first-order chi connectivity index (χ1) is 16.1. The van der Waals surface area contributed by atoms with Gasteiger partial charge in [0.25, 0.3) is 0 Å². The Balaban J connectivity index is 1.77. The van der Waals surface area contributed by atoms with Crippen LogP contribution in [0, 0.1) is 0 Å². The number of methoxy groups -OCH3 is 2. The van der Waals surface area contributed by atoms with E-state index in [9.17, 15) is 30.3 Å². The molecule has 3 aromatic rings. The molecule has 5 N–H and O–H groups in total. The highest BCUT2D eigenvalue weighted by molar-refractivity contribution is 5.86. The largest absolute Gasteiger partial charge is 0.508 e. The van der Waals surface area contributed by atoms with Gasteiger partial charge in [-0.3, -0.25) is 4.79 Å². The van der Waals surface area contributed by atoms with E-state index in [2.05, 4.69) is 0 Å². The van der Waals surface area contributed by atoms with Crippen LogP contribution < -0.4 is 19.6 Å². The molecule has 0 bridgehead atoms. The van der Waals surface area contributed by atoms with Gasteiger partial charge in [0.1, 0.15) is 46.5 Å². The average molecular weight is 476 g/mol. The number of fused-ring (bicyclic) bond motifs is 1. The van der Waals surface area contributed by atoms with Gasteiger partial charge in [-0.2, -0.15) is 0 Å². The molecule has 1 aliphatic rings. The molecule has 1 aromatic heterocycles. The summed E-state index contributed by atoms with van der Waals surface area (Å²) in [6.45, 7) is 1.52. The van der Waals surface area contributed by atoms with Gasteiger partial charge in [0.05, 0.1) is 20.3 Å². The molecule has 2 aromatic carbocycles. The standard InChI is InChI=1S/C23H24O11/c1-9-19(27)20(28)21(29)23(32-9)34-22-16(30-2)4-10(5-17(22)31-3)14-8-13(26)18-12(25)6-11(24)7-15(18)33-14/h4-9,19-21,23-25,27-29H,1-3H3/t9-,19-,20+,21+,23-/m0/s1. The van der Waals surface area contributed by atoms with Gasteiger partial charge >= 0.3 is 0 Å². The number of phenols is 2. The number of aliphatic hydroxyl groups is 3. The molecule has 4 rings (SSSR count). The predicted molar refractivity (Wildman–Crippen MR) is 117 cm³/mol. The van der Waals surface area contributed by atoms with Crippen LogP contribution in [0.4, 0.5) is 0 Å². The monoisotopic (exact) mass is 476 g/mol. The highest BCUT2D eigenvalue weighted by Gasteiger charge is 2.43. The minimum atomic E-state index is -1.56. The fraction of sp³-hybridized carbons (Fsp3) is 0.348. The topological polar surface area (TPSA) is 168 Å². The molecule has 1 aliphatic heterocycles. The second kappa shape index (κ2) is 9.03. The van der Waals surface area contributed by atoms with Gasteiger partial charge in [0.15, 0.2) is 16.9 Å². The van der Waals surface area contributed by atoms with Crippen molar-refractivity contribution in [1.82, 2.24) is 0 Å². The second-order valence-electron chi connectivity index (χ2n) is 7.82. The highest BCUT2D eigenvalue weighted by Crippen LogP contribution is 2.43. The molecule has 0 saturated carbocycles. The van der Waals surface area contributed by atoms with Gasteiger partial charge in [-0.1, -0.05) is 0 Å². The molecule has 1 fully saturated rings. The summed E-state index contributed by atoms with van der Waals surface area (Å²) in [5, 5.41) is 49.9. The molecular weight excluding hydrogens is 452 g/mol. The van der Waals surface area contributed by atoms with Crippen LogP contribution in [0.15, 0.2) is 39.5 Å². The van der Waals surface area contributed by atoms with E-state index in [1.54, 1.807) is 0 Å². The number of ether oxygens (including phenoxy) is 4. The van der Waals surface area contributed by atoms with Crippen molar-refractivity contribution in [3.8, 4) is 40.1 Å². The van der Waals surface area contributed by atoms with E-state index in [1.807, 2.05) is 0 Å². The third kappa shape index (κ3) is 4.10. The number of hydrogen-bond acceptors (Lipinski definition) is 11. The Bertz CT molecular complexity index is 1240. The van der Waals surface area contributed by atoms with Gasteiger partial charge in [-0.15, -0.1) is 0 Å². The average Bonchev–Trinajstić information content (AvgIpc) is 2.80. The third-order valence-corrected chi connectivity index (χ3v) is 5.58. The van der Waals surface area contributed by atoms with E-state index in [1.165, 1.54) is 45.4 Å². The lowest BCUT2D eigenvalue weighted by Gasteiger charge is -2.39. The Morgan fingerprint density at radius 3 is 2.15 bits per heavy atom. The zero-order chi connectivity index (χ0) is 24.7. The molecule has 11 nitrogen and oxygen atoms in total. The van der Waals surface area contributed by atoms with E-state index < -0.39 is 41.9 Å². The fourth-order valence-electron chi connectivity index (χ4n) is 3.76. The number of aromatic hydroxyl groups is 2. The maximum absolute atomic E-state index is 12.6. The smallest absolute Gasteiger partial charge is 0.229 e. The number of aliphatic hydroxyl groups excluding tert-OH is 3. The lowest BCUT2D eigenvalue weighted by atomic mass is 10.00. The normalized spacial score (nSPS) is 24.7. The molecule has 34 heavy (non-hydrogen) atoms. The van der Waals surface area contributed by atoms with E-state index in [-0.39, 0.29) is 39.7 Å². The van der Waals surface area contributed by atoms with Crippen LogP contribution in [0.5, 0.6) is 28.7 Å². The third-order valence-electron chi connectivity index (χ3n) is 5.58. The Kier molecular flexibility index (Phi) is 6.28. The van der Waals surface area contributed by atoms with Crippen molar-refractivity contribution in [3.05, 3.63) is 40.6 Å². The molecule has 0 unspecified atom stereocenters. The molecule has 1 saturated heterocycles. The summed E-state index contributed by atoms with van der Waals surface area (Å²) in [7, 11) is 2.72. The molecule has 2 heterocycles. The van der Waals surface area contributed by atoms with Crippen molar-refractivity contribution < 1.29 is 48.9 Å². The lowest BCUT2D eigenvalue weighted by molar-refractivity contribution is -0.268. The first-order valence-corrected chi connectivity index (χ1v) is 10.3. The lowest BCUT2D eigenvalue weighted by Crippen LogP contribution is -2.58. The van der Waals surface area contributed by atoms with Crippen molar-refractivity contribution in [2.24, 2.45) is 0 Å². The summed E-state index contributed by atoms with van der Waals surface area (Å²) < 4.78 is 27.8. The highest BCUT2D eigenvalue weighted by atomic mass is 16.7. The minimum absolute atomic E-state index is 0.0291. The van der Waals surface area contributed by atoms with Crippen molar-refractivity contribution >= 4 is 11.0 Å². The first kappa shape index (κ1) is 23.6. The summed E-state index contributed by atoms with van der Waals surface area (Å²) in [5.74, 6) is -0.322. The van der Waals surface area contributed by atoms with E-state index in [0.717, 1.165) is 6.07 Å². The number of phenolic OH excluding ortho intramolecular Hbond substituents is 2. The summed E-state index contributed by atoms with van der Waals surface area (Å²) in [4.78, 5) is 12.6. The van der Waals surface area contributed by atoms with Gasteiger partial charge in [-0.25, -0.2) is 0 Å². The summed E-state index contributed by atoms with van der Waals surface area (Å²) in [6, 6.07) is 6.37. The van der Waals surface area contributed by atoms with Crippen molar-refractivity contribution in [3.63, 3.8) is 0 Å². The molecule has 0 radical (unpaired) electrons. The number of hydrogen-bond donors (Lipinski definition) is 5. The number of benzene rings is 2. The Morgan fingerprint density at radius 1 is 0.882 bits per heavy atom. The molecule has 11 heteroatoms. The maximum atomic E-state index is 12.6. The number of rotatable bonds is 5. The van der Waals surface area contributed by atoms with Crippen molar-refractivity contribution in [2.45, 2.75) is 37.6 Å². The van der Waals surface area contributed by atoms with Crippen molar-refractivity contribution in [1.29, 1.82) is 0 Å². The molecule has 0 spiro atoms. The van der Waals surface area contributed by atoms with Crippen molar-refractivity contribution in [2.75, 3.05) is 14.2 Å². The van der Waals surface area contributed by atoms with Crippen LogP contribution in [-0.4, -0.2) is 70.5 Å². The van der Waals surface area contributed by atoms with Gasteiger partial charge in [-0.05, 0) is 19.1 Å². The Labute approximate surface area is 192 Å². The predicted octanol–water partition coefficient (Wildman–Crippen LogP) is 1.09. The summed E-state index contributed by atoms with van der Waals surface area (Å²) in [6.07, 6.45) is -6.51. The molecule has 182 valence electrons. The van der Waals surface area contributed by atoms with Crippen LogP contribution in [-0.2, 0) is 4.74 Å². The maximum Gasteiger partial charge on any atom is 0.229 e. The van der Waals surface area contributed by atoms with Crippen LogP contribution in [0.3, 0.4) is 0 Å². The molecule has 5 atom stereocenters. The van der Waals surface area contributed by atoms with E-state index in [0.29, 0.717) is 5.56 Å². The molecular formula is C23H24O11. The fourth-order valence-corrected chi connectivity index (χ4v) is 3.76. The van der Waals surface area contributed by atoms with E-state index in [4.69, 9.17) is 23.4 Å². The van der Waals surface area contributed by atoms with Crippen LogP contribution in [0.25, 0.3) is 22.3 Å². The van der Waals surface area contributed by atoms with Gasteiger partial charge in [0, 0.05) is 23.8 Å². The zero-order valence-corrected chi connectivity index (χ0v) is 18.5. The quantitative estimate of drug-likeness (QED) is 0.357. The summed E-state index contributed by atoms with van der Waals surface area (Å²) in [5.41, 5.74) is -0.220. The Hall–Kier alpha value is -3.51. The molecule has 0 amide bonds.